The van der Waals surface area contributed by atoms with Crippen LogP contribution in [0.5, 0.6) is 0 Å². The van der Waals surface area contributed by atoms with E-state index in [0.29, 0.717) is 16.5 Å². The molecule has 0 N–H and O–H groups in total. The Labute approximate surface area is 128 Å². The molecule has 3 aromatic rings. The number of para-hydroxylation sites is 1. The second-order valence-corrected chi connectivity index (χ2v) is 4.78. The van der Waals surface area contributed by atoms with Gasteiger partial charge in [-0.05, 0) is 29.8 Å². The van der Waals surface area contributed by atoms with Crippen molar-refractivity contribution in [3.63, 3.8) is 0 Å². The van der Waals surface area contributed by atoms with Gasteiger partial charge in [-0.1, -0.05) is 24.3 Å². The zero-order chi connectivity index (χ0) is 16.4. The fraction of sp³-hybridized carbons (Fsp3) is 0.0625. The second kappa shape index (κ2) is 5.68. The minimum atomic E-state index is -4.38. The Kier molecular flexibility index (Phi) is 3.69. The van der Waals surface area contributed by atoms with Crippen LogP contribution in [-0.4, -0.2) is 15.9 Å². The highest BCUT2D eigenvalue weighted by molar-refractivity contribution is 5.80. The highest BCUT2D eigenvalue weighted by atomic mass is 19.4. The summed E-state index contributed by atoms with van der Waals surface area (Å²) in [6.07, 6.45) is -1.81. The number of hydrogen-bond acceptors (Lipinski definition) is 3. The topological polar surface area (TPSA) is 47.2 Å². The molecular formula is C16H10F3N3O. The molecule has 0 saturated heterocycles. The molecule has 0 amide bonds. The molecule has 116 valence electrons. The van der Waals surface area contributed by atoms with E-state index in [1.54, 1.807) is 24.3 Å². The van der Waals surface area contributed by atoms with Crippen LogP contribution in [0.3, 0.4) is 0 Å². The Balaban J connectivity index is 1.91. The zero-order valence-corrected chi connectivity index (χ0v) is 11.7. The van der Waals surface area contributed by atoms with Crippen molar-refractivity contribution in [2.45, 2.75) is 6.18 Å². The van der Waals surface area contributed by atoms with Crippen molar-refractivity contribution in [1.82, 2.24) is 9.66 Å². The van der Waals surface area contributed by atoms with Crippen LogP contribution in [0.15, 0.2) is 64.8 Å². The summed E-state index contributed by atoms with van der Waals surface area (Å²) < 4.78 is 38.5. The van der Waals surface area contributed by atoms with Crippen molar-refractivity contribution in [3.8, 4) is 0 Å². The number of alkyl halides is 3. The van der Waals surface area contributed by atoms with Crippen molar-refractivity contribution < 1.29 is 13.2 Å². The van der Waals surface area contributed by atoms with Gasteiger partial charge in [-0.3, -0.25) is 4.79 Å². The first-order chi connectivity index (χ1) is 10.9. The van der Waals surface area contributed by atoms with Gasteiger partial charge in [-0.25, -0.2) is 4.98 Å². The molecule has 1 aromatic heterocycles. The molecule has 3 rings (SSSR count). The number of benzene rings is 2. The van der Waals surface area contributed by atoms with Crippen LogP contribution in [0.1, 0.15) is 11.1 Å². The largest absolute Gasteiger partial charge is 0.416 e. The van der Waals surface area contributed by atoms with Gasteiger partial charge in [0.2, 0.25) is 0 Å². The van der Waals surface area contributed by atoms with Gasteiger partial charge in [0, 0.05) is 0 Å². The van der Waals surface area contributed by atoms with Crippen molar-refractivity contribution in [1.29, 1.82) is 0 Å². The lowest BCUT2D eigenvalue weighted by Crippen LogP contribution is -2.17. The van der Waals surface area contributed by atoms with Gasteiger partial charge in [0.25, 0.3) is 5.56 Å². The zero-order valence-electron chi connectivity index (χ0n) is 11.7. The van der Waals surface area contributed by atoms with Crippen molar-refractivity contribution >= 4 is 17.1 Å². The van der Waals surface area contributed by atoms with Crippen LogP contribution in [0.2, 0.25) is 0 Å². The number of fused-ring (bicyclic) bond motifs is 1. The fourth-order valence-electron chi connectivity index (χ4n) is 2.03. The molecule has 0 aliphatic rings. The van der Waals surface area contributed by atoms with Gasteiger partial charge in [-0.2, -0.15) is 22.9 Å². The van der Waals surface area contributed by atoms with E-state index in [9.17, 15) is 18.0 Å². The van der Waals surface area contributed by atoms with Gasteiger partial charge in [0.1, 0.15) is 6.33 Å². The summed E-state index contributed by atoms with van der Waals surface area (Å²) >= 11 is 0. The molecule has 7 heteroatoms. The minimum absolute atomic E-state index is 0.348. The van der Waals surface area contributed by atoms with Crippen molar-refractivity contribution in [2.75, 3.05) is 0 Å². The first-order valence-corrected chi connectivity index (χ1v) is 6.63. The predicted molar refractivity (Wildman–Crippen MR) is 80.4 cm³/mol. The Morgan fingerprint density at radius 1 is 1.04 bits per heavy atom. The normalized spacial score (nSPS) is 12.1. The highest BCUT2D eigenvalue weighted by Gasteiger charge is 2.29. The maximum Gasteiger partial charge on any atom is 0.416 e. The molecule has 0 radical (unpaired) electrons. The van der Waals surface area contributed by atoms with Crippen LogP contribution in [0, 0.1) is 0 Å². The minimum Gasteiger partial charge on any atom is -0.267 e. The van der Waals surface area contributed by atoms with E-state index in [1.165, 1.54) is 24.7 Å². The summed E-state index contributed by atoms with van der Waals surface area (Å²) in [6, 6.07) is 11.3. The number of halogens is 3. The molecule has 4 nitrogen and oxygen atoms in total. The van der Waals surface area contributed by atoms with Gasteiger partial charge in [-0.15, -0.1) is 0 Å². The summed E-state index contributed by atoms with van der Waals surface area (Å²) in [6.45, 7) is 0. The lowest BCUT2D eigenvalue weighted by atomic mass is 10.1. The standard InChI is InChI=1S/C16H10F3N3O/c17-16(18,19)12-7-5-11(6-8-12)9-21-22-10-20-14-4-2-1-3-13(14)15(22)23/h1-10H/b21-9+. The maximum absolute atomic E-state index is 12.5. The number of aromatic nitrogens is 2. The molecule has 23 heavy (non-hydrogen) atoms. The molecule has 0 saturated carbocycles. The summed E-state index contributed by atoms with van der Waals surface area (Å²) in [7, 11) is 0. The molecule has 0 atom stereocenters. The van der Waals surface area contributed by atoms with Crippen LogP contribution in [-0.2, 0) is 6.18 Å². The van der Waals surface area contributed by atoms with E-state index in [2.05, 4.69) is 10.1 Å². The molecular weight excluding hydrogens is 307 g/mol. The monoisotopic (exact) mass is 317 g/mol. The maximum atomic E-state index is 12.5. The van der Waals surface area contributed by atoms with Crippen LogP contribution < -0.4 is 5.56 Å². The molecule has 1 heterocycles. The predicted octanol–water partition coefficient (Wildman–Crippen LogP) is 3.30. The number of nitrogens with zero attached hydrogens (tertiary/aromatic N) is 3. The second-order valence-electron chi connectivity index (χ2n) is 4.78. The number of hydrogen-bond donors (Lipinski definition) is 0. The van der Waals surface area contributed by atoms with Crippen molar-refractivity contribution in [2.24, 2.45) is 5.10 Å². The van der Waals surface area contributed by atoms with Gasteiger partial charge < -0.3 is 0 Å². The average Bonchev–Trinajstić information content (AvgIpc) is 2.54. The van der Waals surface area contributed by atoms with Gasteiger partial charge in [0.15, 0.2) is 0 Å². The Hall–Kier alpha value is -2.96. The molecule has 0 bridgehead atoms. The molecule has 0 fully saturated rings. The molecule has 2 aromatic carbocycles. The lowest BCUT2D eigenvalue weighted by molar-refractivity contribution is -0.137. The first kappa shape index (κ1) is 15.0. The Bertz CT molecular complexity index is 928. The van der Waals surface area contributed by atoms with Crippen LogP contribution >= 0.6 is 0 Å². The third kappa shape index (κ3) is 3.13. The van der Waals surface area contributed by atoms with E-state index >= 15 is 0 Å². The van der Waals surface area contributed by atoms with Gasteiger partial charge in [0.05, 0.1) is 22.7 Å². The molecule has 0 aliphatic carbocycles. The summed E-state index contributed by atoms with van der Waals surface area (Å²) in [5.41, 5.74) is -0.0884. The van der Waals surface area contributed by atoms with E-state index in [4.69, 9.17) is 0 Å². The Morgan fingerprint density at radius 2 is 1.74 bits per heavy atom. The Morgan fingerprint density at radius 3 is 2.43 bits per heavy atom. The summed E-state index contributed by atoms with van der Waals surface area (Å²) in [4.78, 5) is 16.3. The smallest absolute Gasteiger partial charge is 0.267 e. The SMILES string of the molecule is O=c1c2ccccc2ncn1/N=C/c1ccc(C(F)(F)F)cc1. The van der Waals surface area contributed by atoms with E-state index in [-0.39, 0.29) is 5.56 Å². The highest BCUT2D eigenvalue weighted by Crippen LogP contribution is 2.28. The molecule has 0 unspecified atom stereocenters. The third-order valence-corrected chi connectivity index (χ3v) is 3.22. The fourth-order valence-corrected chi connectivity index (χ4v) is 2.03. The third-order valence-electron chi connectivity index (χ3n) is 3.22. The van der Waals surface area contributed by atoms with E-state index in [0.717, 1.165) is 16.8 Å². The molecule has 0 spiro atoms. The van der Waals surface area contributed by atoms with Gasteiger partial charge >= 0.3 is 6.18 Å². The quantitative estimate of drug-likeness (QED) is 0.681. The lowest BCUT2D eigenvalue weighted by Gasteiger charge is -2.05. The van der Waals surface area contributed by atoms with Crippen LogP contribution in [0.25, 0.3) is 10.9 Å². The van der Waals surface area contributed by atoms with E-state index in [1.807, 2.05) is 0 Å². The van der Waals surface area contributed by atoms with Crippen molar-refractivity contribution in [3.05, 3.63) is 76.3 Å². The summed E-state index contributed by atoms with van der Waals surface area (Å²) in [5.74, 6) is 0. The van der Waals surface area contributed by atoms with E-state index < -0.39 is 11.7 Å². The number of rotatable bonds is 2. The molecule has 0 aliphatic heterocycles. The van der Waals surface area contributed by atoms with Crippen LogP contribution in [0.4, 0.5) is 13.2 Å². The summed E-state index contributed by atoms with van der Waals surface area (Å²) in [5, 5.41) is 4.37. The average molecular weight is 317 g/mol. The first-order valence-electron chi connectivity index (χ1n) is 6.63.